The fourth-order valence-electron chi connectivity index (χ4n) is 1.22. The number of nitrogens with two attached hydrogens (primary N) is 4. The molecule has 0 saturated heterocycles. The van der Waals surface area contributed by atoms with E-state index in [1.165, 1.54) is 0 Å². The van der Waals surface area contributed by atoms with E-state index in [-0.39, 0.29) is 12.6 Å². The lowest BCUT2D eigenvalue weighted by atomic mass is 10.1. The largest absolute Gasteiger partial charge is 0.481 e. The summed E-state index contributed by atoms with van der Waals surface area (Å²) in [7, 11) is 0. The molecule has 26 heavy (non-hydrogen) atoms. The Hall–Kier alpha value is -2.28. The summed E-state index contributed by atoms with van der Waals surface area (Å²) in [5.74, 6) is -4.82. The first-order chi connectivity index (χ1) is 11.8. The highest BCUT2D eigenvalue weighted by Gasteiger charge is 2.18. The van der Waals surface area contributed by atoms with Gasteiger partial charge in [-0.15, -0.1) is 0 Å². The van der Waals surface area contributed by atoms with Crippen LogP contribution in [0.1, 0.15) is 45.4 Å². The number of carboxylic acid groups (broad SMARTS) is 4. The lowest BCUT2D eigenvalue weighted by Gasteiger charge is -2.04. The van der Waals surface area contributed by atoms with Gasteiger partial charge in [-0.25, -0.2) is 9.59 Å². The quantitative estimate of drug-likeness (QED) is 0.123. The fourth-order valence-corrected chi connectivity index (χ4v) is 1.22. The molecule has 0 spiro atoms. The summed E-state index contributed by atoms with van der Waals surface area (Å²) in [5, 5.41) is 32.5. The number of carbonyl (C=O) groups is 4. The third-order valence-electron chi connectivity index (χ3n) is 2.51. The molecule has 0 aromatic carbocycles. The number of rotatable bonds is 10. The van der Waals surface area contributed by atoms with Crippen molar-refractivity contribution in [3.8, 4) is 0 Å². The van der Waals surface area contributed by atoms with Crippen LogP contribution < -0.4 is 22.9 Å². The van der Waals surface area contributed by atoms with Crippen LogP contribution in [0.4, 0.5) is 0 Å². The molecule has 1 unspecified atom stereocenters. The Morgan fingerprint density at radius 3 is 1.38 bits per heavy atom. The number of carboxylic acids is 4. The van der Waals surface area contributed by atoms with Crippen molar-refractivity contribution >= 4 is 23.9 Å². The summed E-state index contributed by atoms with van der Waals surface area (Å²) >= 11 is 0. The predicted octanol–water partition coefficient (Wildman–Crippen LogP) is -1.44. The zero-order chi connectivity index (χ0) is 21.3. The van der Waals surface area contributed by atoms with Gasteiger partial charge in [0.2, 0.25) is 6.04 Å². The summed E-state index contributed by atoms with van der Waals surface area (Å²) in [5.41, 5.74) is 19.6. The molecule has 0 rings (SSSR count). The van der Waals surface area contributed by atoms with Gasteiger partial charge in [-0.2, -0.15) is 0 Å². The minimum atomic E-state index is -1.80. The Morgan fingerprint density at radius 1 is 0.731 bits per heavy atom. The van der Waals surface area contributed by atoms with Gasteiger partial charge in [-0.3, -0.25) is 9.59 Å². The van der Waals surface area contributed by atoms with E-state index < -0.39 is 36.0 Å². The van der Waals surface area contributed by atoms with Gasteiger partial charge in [0.1, 0.15) is 6.04 Å². The standard InChI is InChI=1S/C9H17NO4.C3H5NO4.C2H8N2/c10-7(9(13)14)5-3-1-2-4-6-8(11)12;4-1(2(5)6)3(7)8;1-2(3)4/h7H,1-6,10H2,(H,11,12)(H,13,14);1H,4H2,(H,5,6)(H,7,8);2H,3-4H2,1H3. The van der Waals surface area contributed by atoms with E-state index in [2.05, 4.69) is 5.73 Å². The SMILES string of the molecule is CC(N)N.NC(C(=O)O)C(=O)O.NC(CCCCCCC(=O)O)C(=O)O. The first-order valence-electron chi connectivity index (χ1n) is 7.75. The van der Waals surface area contributed by atoms with Crippen LogP contribution in [0.3, 0.4) is 0 Å². The first kappa shape index (κ1) is 28.5. The maximum Gasteiger partial charge on any atom is 0.332 e. The molecule has 12 heteroatoms. The van der Waals surface area contributed by atoms with Crippen LogP contribution >= 0.6 is 0 Å². The normalized spacial score (nSPS) is 10.9. The van der Waals surface area contributed by atoms with E-state index in [1.807, 2.05) is 0 Å². The number of aliphatic carboxylic acids is 4. The molecule has 0 bridgehead atoms. The van der Waals surface area contributed by atoms with Crippen molar-refractivity contribution in [1.29, 1.82) is 0 Å². The summed E-state index contributed by atoms with van der Waals surface area (Å²) in [6.07, 6.45) is 3.53. The van der Waals surface area contributed by atoms with Crippen molar-refractivity contribution < 1.29 is 39.6 Å². The van der Waals surface area contributed by atoms with Gasteiger partial charge in [0, 0.05) is 12.6 Å². The van der Waals surface area contributed by atoms with Gasteiger partial charge >= 0.3 is 23.9 Å². The smallest absolute Gasteiger partial charge is 0.332 e. The molecule has 1 atom stereocenters. The molecule has 12 nitrogen and oxygen atoms in total. The second-order valence-corrected chi connectivity index (χ2v) is 5.30. The molecular weight excluding hydrogens is 352 g/mol. The Morgan fingerprint density at radius 2 is 1.12 bits per heavy atom. The van der Waals surface area contributed by atoms with Crippen LogP contribution in [0, 0.1) is 0 Å². The van der Waals surface area contributed by atoms with E-state index in [0.29, 0.717) is 12.8 Å². The minimum absolute atomic E-state index is 0.167. The van der Waals surface area contributed by atoms with Gasteiger partial charge < -0.3 is 43.4 Å². The van der Waals surface area contributed by atoms with Crippen molar-refractivity contribution in [3.63, 3.8) is 0 Å². The van der Waals surface area contributed by atoms with Gasteiger partial charge in [-0.05, 0) is 19.8 Å². The predicted molar refractivity (Wildman–Crippen MR) is 92.0 cm³/mol. The Balaban J connectivity index is -0.000000370. The molecule has 0 aromatic heterocycles. The second kappa shape index (κ2) is 17.5. The number of hydrogen-bond acceptors (Lipinski definition) is 8. The summed E-state index contributed by atoms with van der Waals surface area (Å²) in [6.45, 7) is 1.72. The number of hydrogen-bond donors (Lipinski definition) is 8. The van der Waals surface area contributed by atoms with Crippen LogP contribution in [-0.4, -0.2) is 62.6 Å². The number of unbranched alkanes of at least 4 members (excludes halogenated alkanes) is 3. The average Bonchev–Trinajstić information content (AvgIpc) is 2.49. The fraction of sp³-hybridized carbons (Fsp3) is 0.714. The van der Waals surface area contributed by atoms with Crippen molar-refractivity contribution in [3.05, 3.63) is 0 Å². The average molecular weight is 382 g/mol. The van der Waals surface area contributed by atoms with Crippen LogP contribution in [0.2, 0.25) is 0 Å². The highest BCUT2D eigenvalue weighted by Crippen LogP contribution is 2.06. The zero-order valence-electron chi connectivity index (χ0n) is 14.7. The molecular formula is C14H30N4O8. The Kier molecular flexibility index (Phi) is 19.2. The van der Waals surface area contributed by atoms with Crippen molar-refractivity contribution in [2.75, 3.05) is 0 Å². The highest BCUT2D eigenvalue weighted by molar-refractivity contribution is 5.96. The van der Waals surface area contributed by atoms with E-state index in [9.17, 15) is 19.2 Å². The van der Waals surface area contributed by atoms with E-state index in [0.717, 1.165) is 19.3 Å². The summed E-state index contributed by atoms with van der Waals surface area (Å²) in [4.78, 5) is 39.7. The maximum absolute atomic E-state index is 10.3. The molecule has 12 N–H and O–H groups in total. The zero-order valence-corrected chi connectivity index (χ0v) is 14.7. The van der Waals surface area contributed by atoms with E-state index >= 15 is 0 Å². The Labute approximate surface area is 151 Å². The molecule has 0 heterocycles. The van der Waals surface area contributed by atoms with E-state index in [4.69, 9.17) is 37.6 Å². The molecule has 0 fully saturated rings. The van der Waals surface area contributed by atoms with Crippen LogP contribution in [0.5, 0.6) is 0 Å². The van der Waals surface area contributed by atoms with Gasteiger partial charge in [-0.1, -0.05) is 19.3 Å². The first-order valence-corrected chi connectivity index (χ1v) is 7.75. The molecule has 0 saturated carbocycles. The van der Waals surface area contributed by atoms with E-state index in [1.54, 1.807) is 6.92 Å². The third kappa shape index (κ3) is 26.6. The van der Waals surface area contributed by atoms with Crippen molar-refractivity contribution in [1.82, 2.24) is 0 Å². The summed E-state index contributed by atoms with van der Waals surface area (Å²) in [6, 6.07) is -2.58. The molecule has 0 radical (unpaired) electrons. The monoisotopic (exact) mass is 382 g/mol. The van der Waals surface area contributed by atoms with Crippen molar-refractivity contribution in [2.45, 2.75) is 63.7 Å². The molecule has 0 aromatic rings. The van der Waals surface area contributed by atoms with Gasteiger partial charge in [0.25, 0.3) is 0 Å². The van der Waals surface area contributed by atoms with Gasteiger partial charge in [0.05, 0.1) is 0 Å². The molecule has 0 amide bonds. The lowest BCUT2D eigenvalue weighted by Crippen LogP contribution is -2.38. The molecule has 0 aliphatic carbocycles. The maximum atomic E-state index is 10.3. The summed E-state index contributed by atoms with van der Waals surface area (Å²) < 4.78 is 0. The second-order valence-electron chi connectivity index (χ2n) is 5.30. The third-order valence-corrected chi connectivity index (χ3v) is 2.51. The molecule has 154 valence electrons. The molecule has 0 aliphatic heterocycles. The highest BCUT2D eigenvalue weighted by atomic mass is 16.4. The topological polar surface area (TPSA) is 253 Å². The van der Waals surface area contributed by atoms with Crippen LogP contribution in [-0.2, 0) is 19.2 Å². The van der Waals surface area contributed by atoms with Crippen LogP contribution in [0.25, 0.3) is 0 Å². The van der Waals surface area contributed by atoms with Crippen LogP contribution in [0.15, 0.2) is 0 Å². The lowest BCUT2D eigenvalue weighted by molar-refractivity contribution is -0.149. The minimum Gasteiger partial charge on any atom is -0.481 e. The molecule has 0 aliphatic rings. The van der Waals surface area contributed by atoms with Crippen molar-refractivity contribution in [2.24, 2.45) is 22.9 Å². The Bertz CT molecular complexity index is 414. The van der Waals surface area contributed by atoms with Gasteiger partial charge in [0.15, 0.2) is 0 Å².